The highest BCUT2D eigenvalue weighted by atomic mass is 19.1. The van der Waals surface area contributed by atoms with Gasteiger partial charge in [0.1, 0.15) is 11.5 Å². The molecule has 0 aliphatic carbocycles. The summed E-state index contributed by atoms with van der Waals surface area (Å²) in [6.07, 6.45) is 5.95. The Balaban J connectivity index is 1.44. The number of likely N-dealkylation sites (tertiary alicyclic amines) is 1. The van der Waals surface area contributed by atoms with Crippen LogP contribution in [0.5, 0.6) is 0 Å². The number of piperazine rings is 1. The Kier molecular flexibility index (Phi) is 5.92. The van der Waals surface area contributed by atoms with Gasteiger partial charge in [-0.15, -0.1) is 0 Å². The number of carbonyl (C=O) groups is 1. The first-order chi connectivity index (χ1) is 14.2. The fourth-order valence-electron chi connectivity index (χ4n) is 4.31. The summed E-state index contributed by atoms with van der Waals surface area (Å²) in [6, 6.07) is 8.87. The summed E-state index contributed by atoms with van der Waals surface area (Å²) in [5.74, 6) is 0.385. The minimum atomic E-state index is -0.197. The Labute approximate surface area is 171 Å². The number of para-hydroxylation sites is 1. The van der Waals surface area contributed by atoms with E-state index in [1.54, 1.807) is 18.3 Å². The number of halogens is 1. The molecule has 0 spiro atoms. The molecule has 2 aliphatic heterocycles. The van der Waals surface area contributed by atoms with Crippen LogP contribution < -0.4 is 9.80 Å². The van der Waals surface area contributed by atoms with Gasteiger partial charge in [-0.05, 0) is 43.9 Å². The monoisotopic (exact) mass is 397 g/mol. The molecule has 1 amide bonds. The number of benzene rings is 1. The highest BCUT2D eigenvalue weighted by molar-refractivity contribution is 5.92. The zero-order valence-corrected chi connectivity index (χ0v) is 16.9. The summed E-state index contributed by atoms with van der Waals surface area (Å²) in [6.45, 7) is 5.69. The molecule has 1 atom stereocenters. The topological polar surface area (TPSA) is 52.6 Å². The lowest BCUT2D eigenvalue weighted by Crippen LogP contribution is -2.47. The summed E-state index contributed by atoms with van der Waals surface area (Å²) in [5, 5.41) is 0. The van der Waals surface area contributed by atoms with E-state index in [1.165, 1.54) is 12.5 Å². The number of rotatable bonds is 4. The quantitative estimate of drug-likeness (QED) is 0.792. The fraction of sp³-hybridized carbons (Fsp3) is 0.500. The largest absolute Gasteiger partial charge is 0.366 e. The molecule has 0 saturated carbocycles. The molecule has 0 bridgehead atoms. The molecule has 29 heavy (non-hydrogen) atoms. The van der Waals surface area contributed by atoms with Crippen LogP contribution in [0, 0.1) is 5.82 Å². The SMILES string of the molecule is CCC1CCCCN1C(=O)c1ccnc(N2CCN(c3ccccc3F)CC2)n1. The predicted molar refractivity (Wildman–Crippen MR) is 112 cm³/mol. The van der Waals surface area contributed by atoms with Gasteiger partial charge in [-0.3, -0.25) is 4.79 Å². The molecule has 2 fully saturated rings. The molecular weight excluding hydrogens is 369 g/mol. The summed E-state index contributed by atoms with van der Waals surface area (Å²) < 4.78 is 14.1. The number of hydrogen-bond donors (Lipinski definition) is 0. The van der Waals surface area contributed by atoms with Crippen molar-refractivity contribution in [2.45, 2.75) is 38.6 Å². The van der Waals surface area contributed by atoms with Gasteiger partial charge in [-0.1, -0.05) is 19.1 Å². The average Bonchev–Trinajstić information content (AvgIpc) is 2.79. The van der Waals surface area contributed by atoms with E-state index in [9.17, 15) is 9.18 Å². The van der Waals surface area contributed by atoms with Crippen molar-refractivity contribution < 1.29 is 9.18 Å². The van der Waals surface area contributed by atoms with Gasteiger partial charge in [0, 0.05) is 45.0 Å². The van der Waals surface area contributed by atoms with Crippen LogP contribution in [-0.2, 0) is 0 Å². The van der Waals surface area contributed by atoms with Gasteiger partial charge in [0.2, 0.25) is 5.95 Å². The van der Waals surface area contributed by atoms with Crippen molar-refractivity contribution in [3.8, 4) is 0 Å². The molecule has 2 aliphatic rings. The van der Waals surface area contributed by atoms with Gasteiger partial charge >= 0.3 is 0 Å². The first-order valence-corrected chi connectivity index (χ1v) is 10.6. The standard InChI is InChI=1S/C22H28FN5O/c1-2-17-7-5-6-12-28(17)21(29)19-10-11-24-22(25-19)27-15-13-26(14-16-27)20-9-4-3-8-18(20)23/h3-4,8-11,17H,2,5-7,12-16H2,1H3. The third kappa shape index (κ3) is 4.18. The molecular formula is C22H28FN5O. The van der Waals surface area contributed by atoms with Crippen molar-refractivity contribution in [2.24, 2.45) is 0 Å². The minimum Gasteiger partial charge on any atom is -0.366 e. The highest BCUT2D eigenvalue weighted by Gasteiger charge is 2.28. The van der Waals surface area contributed by atoms with Gasteiger partial charge in [0.05, 0.1) is 5.69 Å². The number of amides is 1. The van der Waals surface area contributed by atoms with Crippen LogP contribution in [0.25, 0.3) is 0 Å². The molecule has 1 aromatic carbocycles. The van der Waals surface area contributed by atoms with E-state index in [-0.39, 0.29) is 11.7 Å². The maximum Gasteiger partial charge on any atom is 0.272 e. The predicted octanol–water partition coefficient (Wildman–Crippen LogP) is 3.35. The van der Waals surface area contributed by atoms with Crippen LogP contribution in [0.1, 0.15) is 43.1 Å². The number of anilines is 2. The number of aromatic nitrogens is 2. The molecule has 3 heterocycles. The van der Waals surface area contributed by atoms with Crippen LogP contribution in [0.2, 0.25) is 0 Å². The zero-order valence-electron chi connectivity index (χ0n) is 16.9. The second kappa shape index (κ2) is 8.76. The van der Waals surface area contributed by atoms with E-state index in [0.29, 0.717) is 49.6 Å². The van der Waals surface area contributed by atoms with Gasteiger partial charge in [-0.2, -0.15) is 0 Å². The van der Waals surface area contributed by atoms with Crippen molar-refractivity contribution in [1.82, 2.24) is 14.9 Å². The molecule has 0 N–H and O–H groups in total. The van der Waals surface area contributed by atoms with Gasteiger partial charge in [0.25, 0.3) is 5.91 Å². The molecule has 7 heteroatoms. The third-order valence-corrected chi connectivity index (χ3v) is 5.98. The summed E-state index contributed by atoms with van der Waals surface area (Å²) in [5.41, 5.74) is 1.10. The Bertz CT molecular complexity index is 853. The van der Waals surface area contributed by atoms with E-state index in [0.717, 1.165) is 25.8 Å². The first kappa shape index (κ1) is 19.6. The zero-order chi connectivity index (χ0) is 20.2. The fourth-order valence-corrected chi connectivity index (χ4v) is 4.31. The highest BCUT2D eigenvalue weighted by Crippen LogP contribution is 2.23. The summed E-state index contributed by atoms with van der Waals surface area (Å²) >= 11 is 0. The Morgan fingerprint density at radius 1 is 1.07 bits per heavy atom. The van der Waals surface area contributed by atoms with E-state index < -0.39 is 0 Å². The maximum atomic E-state index is 14.1. The van der Waals surface area contributed by atoms with E-state index in [4.69, 9.17) is 0 Å². The summed E-state index contributed by atoms with van der Waals surface area (Å²) in [4.78, 5) is 28.1. The van der Waals surface area contributed by atoms with Crippen LogP contribution >= 0.6 is 0 Å². The van der Waals surface area contributed by atoms with Crippen LogP contribution in [0.4, 0.5) is 16.0 Å². The second-order valence-electron chi connectivity index (χ2n) is 7.72. The lowest BCUT2D eigenvalue weighted by Gasteiger charge is -2.37. The van der Waals surface area contributed by atoms with E-state index >= 15 is 0 Å². The maximum absolute atomic E-state index is 14.1. The van der Waals surface area contributed by atoms with E-state index in [2.05, 4.69) is 21.8 Å². The Morgan fingerprint density at radius 3 is 2.59 bits per heavy atom. The molecule has 4 rings (SSSR count). The molecule has 1 aromatic heterocycles. The molecule has 1 unspecified atom stereocenters. The van der Waals surface area contributed by atoms with Crippen molar-refractivity contribution in [1.29, 1.82) is 0 Å². The number of carbonyl (C=O) groups excluding carboxylic acids is 1. The van der Waals surface area contributed by atoms with Crippen molar-refractivity contribution in [3.63, 3.8) is 0 Å². The van der Waals surface area contributed by atoms with Crippen LogP contribution in [0.15, 0.2) is 36.5 Å². The minimum absolute atomic E-state index is 0.00481. The lowest BCUT2D eigenvalue weighted by molar-refractivity contribution is 0.0602. The van der Waals surface area contributed by atoms with Gasteiger partial charge < -0.3 is 14.7 Å². The number of hydrogen-bond acceptors (Lipinski definition) is 5. The molecule has 0 radical (unpaired) electrons. The average molecular weight is 397 g/mol. The molecule has 2 saturated heterocycles. The molecule has 6 nitrogen and oxygen atoms in total. The van der Waals surface area contributed by atoms with Crippen molar-refractivity contribution in [2.75, 3.05) is 42.5 Å². The van der Waals surface area contributed by atoms with Crippen molar-refractivity contribution >= 4 is 17.5 Å². The normalized spacial score (nSPS) is 20.1. The Hall–Kier alpha value is -2.70. The summed E-state index contributed by atoms with van der Waals surface area (Å²) in [7, 11) is 0. The molecule has 154 valence electrons. The Morgan fingerprint density at radius 2 is 1.83 bits per heavy atom. The lowest BCUT2D eigenvalue weighted by atomic mass is 9.99. The van der Waals surface area contributed by atoms with Gasteiger partial charge in [-0.25, -0.2) is 14.4 Å². The van der Waals surface area contributed by atoms with Crippen molar-refractivity contribution in [3.05, 3.63) is 48.0 Å². The third-order valence-electron chi connectivity index (χ3n) is 5.98. The van der Waals surface area contributed by atoms with Crippen LogP contribution in [-0.4, -0.2) is 59.5 Å². The number of piperidine rings is 1. The number of nitrogens with zero attached hydrogens (tertiary/aromatic N) is 5. The van der Waals surface area contributed by atoms with E-state index in [1.807, 2.05) is 21.9 Å². The first-order valence-electron chi connectivity index (χ1n) is 10.6. The molecule has 2 aromatic rings. The van der Waals surface area contributed by atoms with Crippen LogP contribution in [0.3, 0.4) is 0 Å². The second-order valence-corrected chi connectivity index (χ2v) is 7.72. The van der Waals surface area contributed by atoms with Gasteiger partial charge in [0.15, 0.2) is 0 Å². The smallest absolute Gasteiger partial charge is 0.272 e.